The Labute approximate surface area is 150 Å². The predicted molar refractivity (Wildman–Crippen MR) is 96.7 cm³/mol. The van der Waals surface area contributed by atoms with Crippen LogP contribution in [-0.2, 0) is 0 Å². The van der Waals surface area contributed by atoms with Crippen molar-refractivity contribution in [2.75, 3.05) is 18.0 Å². The minimum absolute atomic E-state index is 0.0517. The van der Waals surface area contributed by atoms with Gasteiger partial charge in [0.1, 0.15) is 5.69 Å². The number of aryl methyl sites for hydroxylation is 1. The summed E-state index contributed by atoms with van der Waals surface area (Å²) in [5.74, 6) is 0.540. The molecule has 0 aliphatic carbocycles. The summed E-state index contributed by atoms with van der Waals surface area (Å²) >= 11 is 0. The van der Waals surface area contributed by atoms with Gasteiger partial charge in [-0.3, -0.25) is 14.9 Å². The highest BCUT2D eigenvalue weighted by atomic mass is 16.2. The van der Waals surface area contributed by atoms with Crippen molar-refractivity contribution >= 4 is 11.9 Å². The van der Waals surface area contributed by atoms with Gasteiger partial charge in [0.2, 0.25) is 5.95 Å². The van der Waals surface area contributed by atoms with Gasteiger partial charge in [-0.05, 0) is 37.1 Å². The van der Waals surface area contributed by atoms with E-state index in [0.717, 1.165) is 29.8 Å². The van der Waals surface area contributed by atoms with Crippen molar-refractivity contribution in [1.82, 2.24) is 30.5 Å². The van der Waals surface area contributed by atoms with Gasteiger partial charge in [0, 0.05) is 43.3 Å². The van der Waals surface area contributed by atoms with Crippen LogP contribution in [0.4, 0.5) is 5.95 Å². The first-order valence-electron chi connectivity index (χ1n) is 8.50. The molecule has 1 aliphatic rings. The van der Waals surface area contributed by atoms with Gasteiger partial charge < -0.3 is 10.2 Å². The van der Waals surface area contributed by atoms with Crippen LogP contribution >= 0.6 is 0 Å². The molecule has 3 aromatic rings. The summed E-state index contributed by atoms with van der Waals surface area (Å²) in [6.07, 6.45) is 7.77. The topological polar surface area (TPSA) is 99.7 Å². The van der Waals surface area contributed by atoms with Gasteiger partial charge in [-0.2, -0.15) is 5.10 Å². The lowest BCUT2D eigenvalue weighted by Crippen LogP contribution is -2.37. The quantitative estimate of drug-likeness (QED) is 0.742. The van der Waals surface area contributed by atoms with E-state index in [1.165, 1.54) is 0 Å². The molecule has 0 radical (unpaired) electrons. The normalized spacial score (nSPS) is 16.7. The number of H-pyrrole nitrogens is 1. The van der Waals surface area contributed by atoms with E-state index in [1.54, 1.807) is 24.8 Å². The fourth-order valence-corrected chi connectivity index (χ4v) is 3.07. The summed E-state index contributed by atoms with van der Waals surface area (Å²) in [7, 11) is 0. The van der Waals surface area contributed by atoms with Crippen molar-refractivity contribution in [2.24, 2.45) is 0 Å². The number of carbonyl (C=O) groups excluding carboxylic acids is 1. The number of carbonyl (C=O) groups is 1. The molecular weight excluding hydrogens is 330 g/mol. The Balaban J connectivity index is 1.44. The van der Waals surface area contributed by atoms with E-state index in [0.29, 0.717) is 18.2 Å². The summed E-state index contributed by atoms with van der Waals surface area (Å²) in [5, 5.41) is 9.69. The largest absolute Gasteiger partial charge is 0.346 e. The smallest absolute Gasteiger partial charge is 0.269 e. The van der Waals surface area contributed by atoms with E-state index >= 15 is 0 Å². The molecule has 8 nitrogen and oxygen atoms in total. The van der Waals surface area contributed by atoms with Crippen LogP contribution in [0, 0.1) is 6.92 Å². The minimum atomic E-state index is -0.128. The first kappa shape index (κ1) is 16.2. The second-order valence-corrected chi connectivity index (χ2v) is 6.32. The molecule has 26 heavy (non-hydrogen) atoms. The summed E-state index contributed by atoms with van der Waals surface area (Å²) in [5.41, 5.74) is 3.14. The molecule has 1 saturated heterocycles. The first-order chi connectivity index (χ1) is 12.7. The number of hydrogen-bond acceptors (Lipinski definition) is 6. The number of amides is 1. The van der Waals surface area contributed by atoms with Crippen LogP contribution in [0.3, 0.4) is 0 Å². The van der Waals surface area contributed by atoms with Gasteiger partial charge in [-0.25, -0.2) is 9.97 Å². The van der Waals surface area contributed by atoms with E-state index in [1.807, 2.05) is 25.1 Å². The van der Waals surface area contributed by atoms with Crippen molar-refractivity contribution in [3.8, 4) is 11.3 Å². The maximum atomic E-state index is 12.3. The molecule has 4 heterocycles. The van der Waals surface area contributed by atoms with E-state index in [9.17, 15) is 4.79 Å². The third-order valence-electron chi connectivity index (χ3n) is 4.46. The Kier molecular flexibility index (Phi) is 4.30. The van der Waals surface area contributed by atoms with Crippen LogP contribution in [0.5, 0.6) is 0 Å². The highest BCUT2D eigenvalue weighted by molar-refractivity contribution is 5.93. The van der Waals surface area contributed by atoms with Gasteiger partial charge in [0.05, 0.1) is 11.9 Å². The molecule has 8 heteroatoms. The van der Waals surface area contributed by atoms with Gasteiger partial charge in [0.15, 0.2) is 0 Å². The maximum absolute atomic E-state index is 12.3. The molecule has 2 N–H and O–H groups in total. The molecule has 0 aromatic carbocycles. The van der Waals surface area contributed by atoms with Crippen LogP contribution in [-0.4, -0.2) is 50.2 Å². The van der Waals surface area contributed by atoms with Crippen LogP contribution in [0.25, 0.3) is 11.3 Å². The van der Waals surface area contributed by atoms with Crippen molar-refractivity contribution in [3.05, 3.63) is 54.2 Å². The molecule has 1 unspecified atom stereocenters. The molecule has 0 saturated carbocycles. The fraction of sp³-hybridized carbons (Fsp3) is 0.278. The number of rotatable bonds is 4. The lowest BCUT2D eigenvalue weighted by Gasteiger charge is -2.17. The molecule has 132 valence electrons. The zero-order valence-corrected chi connectivity index (χ0v) is 14.4. The molecule has 1 amide bonds. The number of aromatic nitrogens is 5. The fourth-order valence-electron chi connectivity index (χ4n) is 3.07. The number of nitrogens with zero attached hydrogens (tertiary/aromatic N) is 5. The van der Waals surface area contributed by atoms with Crippen molar-refractivity contribution in [1.29, 1.82) is 0 Å². The zero-order valence-electron chi connectivity index (χ0n) is 14.4. The molecular formula is C18H19N7O. The van der Waals surface area contributed by atoms with Crippen LogP contribution < -0.4 is 10.2 Å². The molecule has 4 rings (SSSR count). The molecule has 0 bridgehead atoms. The molecule has 1 atom stereocenters. The summed E-state index contributed by atoms with van der Waals surface area (Å²) in [6, 6.07) is 5.78. The average molecular weight is 349 g/mol. The van der Waals surface area contributed by atoms with Gasteiger partial charge in [0.25, 0.3) is 5.91 Å². The molecule has 0 spiro atoms. The van der Waals surface area contributed by atoms with Crippen molar-refractivity contribution in [2.45, 2.75) is 19.4 Å². The summed E-state index contributed by atoms with van der Waals surface area (Å²) in [6.45, 7) is 3.33. The lowest BCUT2D eigenvalue weighted by molar-refractivity contribution is 0.0934. The second-order valence-electron chi connectivity index (χ2n) is 6.32. The van der Waals surface area contributed by atoms with Gasteiger partial charge in [-0.15, -0.1) is 0 Å². The van der Waals surface area contributed by atoms with Gasteiger partial charge >= 0.3 is 0 Å². The van der Waals surface area contributed by atoms with Crippen molar-refractivity contribution in [3.63, 3.8) is 0 Å². The van der Waals surface area contributed by atoms with Gasteiger partial charge in [-0.1, -0.05) is 0 Å². The average Bonchev–Trinajstić information content (AvgIpc) is 3.31. The monoisotopic (exact) mass is 349 g/mol. The van der Waals surface area contributed by atoms with E-state index in [-0.39, 0.29) is 11.9 Å². The Bertz CT molecular complexity index is 909. The molecule has 1 aliphatic heterocycles. The van der Waals surface area contributed by atoms with Crippen LogP contribution in [0.15, 0.2) is 43.0 Å². The summed E-state index contributed by atoms with van der Waals surface area (Å²) in [4.78, 5) is 27.6. The Hall–Kier alpha value is -3.29. The van der Waals surface area contributed by atoms with E-state index in [4.69, 9.17) is 0 Å². The number of aromatic amines is 1. The summed E-state index contributed by atoms with van der Waals surface area (Å²) < 4.78 is 0. The number of nitrogens with one attached hydrogen (secondary N) is 2. The Morgan fingerprint density at radius 3 is 3.00 bits per heavy atom. The predicted octanol–water partition coefficient (Wildman–Crippen LogP) is 1.58. The first-order valence-corrected chi connectivity index (χ1v) is 8.50. The number of pyridine rings is 1. The standard InChI is InChI=1S/C18H19N7O/c1-12-9-21-24-16(12)17(26)22-14-5-8-25(11-14)18-20-7-4-15(23-18)13-3-2-6-19-10-13/h2-4,6-7,9-10,14H,5,8,11H2,1H3,(H,21,24)(H,22,26). The highest BCUT2D eigenvalue weighted by Crippen LogP contribution is 2.21. The van der Waals surface area contributed by atoms with Crippen LogP contribution in [0.1, 0.15) is 22.5 Å². The van der Waals surface area contributed by atoms with E-state index in [2.05, 4.69) is 35.4 Å². The Morgan fingerprint density at radius 1 is 1.31 bits per heavy atom. The van der Waals surface area contributed by atoms with Crippen LogP contribution in [0.2, 0.25) is 0 Å². The second kappa shape index (κ2) is 6.91. The molecule has 3 aromatic heterocycles. The molecule has 1 fully saturated rings. The lowest BCUT2D eigenvalue weighted by atomic mass is 10.2. The third-order valence-corrected chi connectivity index (χ3v) is 4.46. The highest BCUT2D eigenvalue weighted by Gasteiger charge is 2.26. The number of hydrogen-bond donors (Lipinski definition) is 2. The van der Waals surface area contributed by atoms with Crippen molar-refractivity contribution < 1.29 is 4.79 Å². The Morgan fingerprint density at radius 2 is 2.23 bits per heavy atom. The maximum Gasteiger partial charge on any atom is 0.269 e. The third kappa shape index (κ3) is 3.26. The van der Waals surface area contributed by atoms with E-state index < -0.39 is 0 Å². The zero-order chi connectivity index (χ0) is 17.9. The minimum Gasteiger partial charge on any atom is -0.346 e. The number of anilines is 1. The SMILES string of the molecule is Cc1cn[nH]c1C(=O)NC1CCN(c2nccc(-c3cccnc3)n2)C1.